The van der Waals surface area contributed by atoms with Crippen molar-refractivity contribution in [2.24, 2.45) is 17.3 Å². The zero-order valence-corrected chi connectivity index (χ0v) is 17.4. The molecule has 1 aromatic rings. The SMILES string of the molecule is CC(C)(C)OC(=O)C(F)=C[C@@H]1[C@H](C(=O)OC2CCc3c(C#N)cccc32)C1(C)C. The number of hydrogen-bond acceptors (Lipinski definition) is 5. The topological polar surface area (TPSA) is 76.4 Å². The second-order valence-corrected chi connectivity index (χ2v) is 9.29. The molecule has 0 radical (unpaired) electrons. The van der Waals surface area contributed by atoms with Crippen LogP contribution in [0.3, 0.4) is 0 Å². The zero-order valence-electron chi connectivity index (χ0n) is 17.4. The first kappa shape index (κ1) is 21.0. The van der Waals surface area contributed by atoms with E-state index in [1.807, 2.05) is 19.9 Å². The molecule has 2 aliphatic carbocycles. The predicted molar refractivity (Wildman–Crippen MR) is 104 cm³/mol. The van der Waals surface area contributed by atoms with E-state index in [-0.39, 0.29) is 0 Å². The van der Waals surface area contributed by atoms with Gasteiger partial charge in [0.1, 0.15) is 11.7 Å². The van der Waals surface area contributed by atoms with Crippen molar-refractivity contribution >= 4 is 11.9 Å². The Morgan fingerprint density at radius 1 is 1.31 bits per heavy atom. The molecule has 1 unspecified atom stereocenters. The van der Waals surface area contributed by atoms with Crippen LogP contribution in [0.15, 0.2) is 30.1 Å². The van der Waals surface area contributed by atoms with Crippen LogP contribution < -0.4 is 0 Å². The maximum atomic E-state index is 14.3. The number of halogens is 1. The molecule has 0 heterocycles. The van der Waals surface area contributed by atoms with Crippen LogP contribution >= 0.6 is 0 Å². The maximum Gasteiger partial charge on any atom is 0.367 e. The average molecular weight is 399 g/mol. The third-order valence-corrected chi connectivity index (χ3v) is 5.68. The van der Waals surface area contributed by atoms with Gasteiger partial charge in [-0.2, -0.15) is 9.65 Å². The van der Waals surface area contributed by atoms with Gasteiger partial charge in [-0.25, -0.2) is 4.79 Å². The Hall–Kier alpha value is -2.68. The number of esters is 2. The monoisotopic (exact) mass is 399 g/mol. The Morgan fingerprint density at radius 2 is 2.00 bits per heavy atom. The molecule has 0 amide bonds. The Bertz CT molecular complexity index is 920. The van der Waals surface area contributed by atoms with Crippen LogP contribution in [0.1, 0.15) is 63.8 Å². The Morgan fingerprint density at radius 3 is 2.62 bits per heavy atom. The number of nitrogens with zero attached hydrogens (tertiary/aromatic N) is 1. The zero-order chi connectivity index (χ0) is 21.6. The van der Waals surface area contributed by atoms with Crippen LogP contribution in [0.4, 0.5) is 4.39 Å². The van der Waals surface area contributed by atoms with Crippen molar-refractivity contribution in [1.29, 1.82) is 5.26 Å². The highest BCUT2D eigenvalue weighted by Crippen LogP contribution is 2.60. The Labute approximate surface area is 170 Å². The molecule has 1 fully saturated rings. The summed E-state index contributed by atoms with van der Waals surface area (Å²) < 4.78 is 25.1. The normalized spacial score (nSPS) is 25.0. The summed E-state index contributed by atoms with van der Waals surface area (Å²) in [4.78, 5) is 24.7. The van der Waals surface area contributed by atoms with Gasteiger partial charge >= 0.3 is 11.9 Å². The summed E-state index contributed by atoms with van der Waals surface area (Å²) >= 11 is 0. The van der Waals surface area contributed by atoms with Crippen molar-refractivity contribution in [1.82, 2.24) is 0 Å². The van der Waals surface area contributed by atoms with Crippen LogP contribution in [0.25, 0.3) is 0 Å². The van der Waals surface area contributed by atoms with Crippen LogP contribution in [-0.4, -0.2) is 17.5 Å². The number of hydrogen-bond donors (Lipinski definition) is 0. The van der Waals surface area contributed by atoms with Crippen LogP contribution in [-0.2, 0) is 25.5 Å². The first-order chi connectivity index (χ1) is 13.5. The van der Waals surface area contributed by atoms with Crippen molar-refractivity contribution in [3.63, 3.8) is 0 Å². The fraction of sp³-hybridized carbons (Fsp3) is 0.522. The molecular weight excluding hydrogens is 373 g/mol. The van der Waals surface area contributed by atoms with Gasteiger partial charge in [-0.3, -0.25) is 4.79 Å². The lowest BCUT2D eigenvalue weighted by atomic mass is 10.0. The molecule has 2 aliphatic rings. The minimum atomic E-state index is -1.03. The van der Waals surface area contributed by atoms with Gasteiger partial charge in [0.05, 0.1) is 17.6 Å². The molecule has 0 aromatic heterocycles. The standard InChI is InChI=1S/C23H26FNO4/c1-22(2,3)29-20(26)17(24)11-16-19(23(16,4)5)21(27)28-18-10-9-14-13(12-25)7-6-8-15(14)18/h6-8,11,16,18-19H,9-10H2,1-5H3/t16-,18?,19-/m1/s1. The quantitative estimate of drug-likeness (QED) is 0.548. The predicted octanol–water partition coefficient (Wildman–Crippen LogP) is 4.56. The lowest BCUT2D eigenvalue weighted by molar-refractivity contribution is -0.153. The van der Waals surface area contributed by atoms with E-state index in [1.165, 1.54) is 6.08 Å². The first-order valence-electron chi connectivity index (χ1n) is 9.78. The molecule has 6 heteroatoms. The molecule has 1 aromatic carbocycles. The minimum absolute atomic E-state index is 0.400. The number of ether oxygens (including phenoxy) is 2. The Kier molecular flexibility index (Phi) is 5.29. The van der Waals surface area contributed by atoms with E-state index in [0.29, 0.717) is 18.4 Å². The second-order valence-electron chi connectivity index (χ2n) is 9.29. The molecule has 0 saturated heterocycles. The second kappa shape index (κ2) is 7.29. The highest BCUT2D eigenvalue weighted by Gasteiger charge is 2.62. The molecule has 0 aliphatic heterocycles. The van der Waals surface area contributed by atoms with Gasteiger partial charge in [0, 0.05) is 0 Å². The highest BCUT2D eigenvalue weighted by molar-refractivity contribution is 5.87. The van der Waals surface area contributed by atoms with E-state index in [4.69, 9.17) is 9.47 Å². The number of rotatable bonds is 4. The number of allylic oxidation sites excluding steroid dienone is 1. The lowest BCUT2D eigenvalue weighted by Gasteiger charge is -2.18. The van der Waals surface area contributed by atoms with Crippen molar-refractivity contribution in [2.45, 2.75) is 59.2 Å². The summed E-state index contributed by atoms with van der Waals surface area (Å²) in [5.74, 6) is -3.39. The third-order valence-electron chi connectivity index (χ3n) is 5.68. The van der Waals surface area contributed by atoms with E-state index in [1.54, 1.807) is 32.9 Å². The van der Waals surface area contributed by atoms with E-state index >= 15 is 0 Å². The molecule has 0 bridgehead atoms. The number of carbonyl (C=O) groups is 2. The smallest absolute Gasteiger partial charge is 0.367 e. The van der Waals surface area contributed by atoms with Crippen molar-refractivity contribution in [2.75, 3.05) is 0 Å². The van der Waals surface area contributed by atoms with E-state index in [2.05, 4.69) is 6.07 Å². The van der Waals surface area contributed by atoms with Gasteiger partial charge in [0.25, 0.3) is 0 Å². The number of benzene rings is 1. The lowest BCUT2D eigenvalue weighted by Crippen LogP contribution is -2.24. The summed E-state index contributed by atoms with van der Waals surface area (Å²) in [6, 6.07) is 7.59. The Balaban J connectivity index is 1.70. The van der Waals surface area contributed by atoms with Gasteiger partial charge in [-0.15, -0.1) is 0 Å². The maximum absolute atomic E-state index is 14.3. The van der Waals surface area contributed by atoms with Gasteiger partial charge in [-0.1, -0.05) is 26.0 Å². The highest BCUT2D eigenvalue weighted by atomic mass is 19.1. The molecule has 154 valence electrons. The first-order valence-corrected chi connectivity index (χ1v) is 9.78. The van der Waals surface area contributed by atoms with Crippen molar-refractivity contribution in [3.05, 3.63) is 46.8 Å². The largest absolute Gasteiger partial charge is 0.457 e. The molecular formula is C23H26FNO4. The van der Waals surface area contributed by atoms with Crippen molar-refractivity contribution < 1.29 is 23.5 Å². The molecule has 0 N–H and O–H groups in total. The van der Waals surface area contributed by atoms with Gasteiger partial charge < -0.3 is 9.47 Å². The number of nitriles is 1. The number of fused-ring (bicyclic) bond motifs is 1. The summed E-state index contributed by atoms with van der Waals surface area (Å²) in [5, 5.41) is 9.23. The molecule has 3 atom stereocenters. The third kappa shape index (κ3) is 4.19. The fourth-order valence-electron chi connectivity index (χ4n) is 4.05. The molecule has 3 rings (SSSR count). The van der Waals surface area contributed by atoms with Gasteiger partial charge in [-0.05, 0) is 68.2 Å². The summed E-state index contributed by atoms with van der Waals surface area (Å²) in [7, 11) is 0. The fourth-order valence-corrected chi connectivity index (χ4v) is 4.05. The summed E-state index contributed by atoms with van der Waals surface area (Å²) in [6.45, 7) is 8.68. The van der Waals surface area contributed by atoms with E-state index in [9.17, 15) is 19.2 Å². The van der Waals surface area contributed by atoms with Crippen molar-refractivity contribution in [3.8, 4) is 6.07 Å². The van der Waals surface area contributed by atoms with Gasteiger partial charge in [0.15, 0.2) is 0 Å². The van der Waals surface area contributed by atoms with E-state index < -0.39 is 46.7 Å². The average Bonchev–Trinajstić information content (AvgIpc) is 2.95. The summed E-state index contributed by atoms with van der Waals surface area (Å²) in [5.41, 5.74) is 1.09. The van der Waals surface area contributed by atoms with Crippen LogP contribution in [0, 0.1) is 28.6 Å². The van der Waals surface area contributed by atoms with Crippen LogP contribution in [0.5, 0.6) is 0 Å². The van der Waals surface area contributed by atoms with Gasteiger partial charge in [0.2, 0.25) is 5.83 Å². The molecule has 29 heavy (non-hydrogen) atoms. The summed E-state index contributed by atoms with van der Waals surface area (Å²) in [6.07, 6.45) is 2.08. The number of carbonyl (C=O) groups excluding carboxylic acids is 2. The minimum Gasteiger partial charge on any atom is -0.457 e. The molecule has 5 nitrogen and oxygen atoms in total. The van der Waals surface area contributed by atoms with E-state index in [0.717, 1.165) is 11.1 Å². The molecule has 1 saturated carbocycles. The molecule has 0 spiro atoms. The van der Waals surface area contributed by atoms with Crippen LogP contribution in [0.2, 0.25) is 0 Å².